The zero-order chi connectivity index (χ0) is 30.3. The Morgan fingerprint density at radius 1 is 1.02 bits per heavy atom. The van der Waals surface area contributed by atoms with E-state index in [1.54, 1.807) is 6.92 Å². The SMILES string of the molecule is CC(C)[C@@H](C)[C@@H](O)[C@H](O)[C@@H](C)[C@H]1CC(=O)[C@H]2[C@@H]3C[C@@H](O)[C@@]4(O)[C@H](O)[C@H](O)[C@@H](OS(=O)(=O)O)C[C@]4(C)[C@H]3CC[C@]12C. The van der Waals surface area contributed by atoms with E-state index in [4.69, 9.17) is 4.18 Å². The lowest BCUT2D eigenvalue weighted by Crippen LogP contribution is -2.77. The van der Waals surface area contributed by atoms with E-state index in [0.29, 0.717) is 12.8 Å². The van der Waals surface area contributed by atoms with Crippen LogP contribution in [0.4, 0.5) is 0 Å². The maximum absolute atomic E-state index is 13.7. The highest BCUT2D eigenvalue weighted by Gasteiger charge is 2.73. The van der Waals surface area contributed by atoms with E-state index < -0.39 is 81.2 Å². The Kier molecular flexibility index (Phi) is 8.44. The molecule has 4 saturated carbocycles. The molecule has 4 aliphatic carbocycles. The Bertz CT molecular complexity index is 1080. The minimum absolute atomic E-state index is 0.00693. The molecule has 15 atom stereocenters. The maximum Gasteiger partial charge on any atom is 0.397 e. The number of hydrogen-bond acceptors (Lipinski definition) is 10. The molecule has 4 aliphatic rings. The molecule has 11 nitrogen and oxygen atoms in total. The molecule has 0 heterocycles. The first-order valence-electron chi connectivity index (χ1n) is 14.5. The first-order chi connectivity index (χ1) is 18.2. The molecule has 7 N–H and O–H groups in total. The van der Waals surface area contributed by atoms with Crippen LogP contribution < -0.4 is 0 Å². The van der Waals surface area contributed by atoms with Gasteiger partial charge in [0.2, 0.25) is 0 Å². The third kappa shape index (κ3) is 4.70. The lowest BCUT2D eigenvalue weighted by atomic mass is 9.41. The number of ketones is 1. The van der Waals surface area contributed by atoms with Gasteiger partial charge in [-0.2, -0.15) is 8.42 Å². The van der Waals surface area contributed by atoms with Gasteiger partial charge in [0.15, 0.2) is 0 Å². The summed E-state index contributed by atoms with van der Waals surface area (Å²) in [4.78, 5) is 13.7. The van der Waals surface area contributed by atoms with Crippen LogP contribution in [0.3, 0.4) is 0 Å². The molecule has 0 radical (unpaired) electrons. The Balaban J connectivity index is 1.67. The molecule has 232 valence electrons. The monoisotopic (exact) mass is 592 g/mol. The van der Waals surface area contributed by atoms with E-state index in [-0.39, 0.29) is 48.7 Å². The highest BCUT2D eigenvalue weighted by molar-refractivity contribution is 7.80. The van der Waals surface area contributed by atoms with Crippen molar-refractivity contribution in [1.82, 2.24) is 0 Å². The van der Waals surface area contributed by atoms with E-state index in [1.807, 2.05) is 34.6 Å². The molecule has 0 aromatic rings. The number of fused-ring (bicyclic) bond motifs is 5. The standard InChI is InChI=1S/C28H48O11S/c1-12(2)13(3)22(31)23(32)14(4)17-10-18(29)21-15-9-20(30)28(35)25(34)24(33)19(39-40(36,37)38)11-27(28,6)16(15)7-8-26(17,21)5/h12-17,19-25,30-35H,7-11H2,1-6H3,(H,36,37,38)/t13-,14+,15-,16+,17-,19+,20-,21-,22-,23-,24-,25-,26-,27-,28-/m1/s1. The van der Waals surface area contributed by atoms with Crippen LogP contribution in [0.1, 0.15) is 73.6 Å². The Morgan fingerprint density at radius 3 is 2.17 bits per heavy atom. The molecule has 0 amide bonds. The quantitative estimate of drug-likeness (QED) is 0.205. The molecule has 0 unspecified atom stereocenters. The molecule has 4 rings (SSSR count). The summed E-state index contributed by atoms with van der Waals surface area (Å²) in [5.41, 5.74) is -4.12. The third-order valence-corrected chi connectivity index (χ3v) is 12.6. The number of carbonyl (C=O) groups is 1. The fourth-order valence-corrected chi connectivity index (χ4v) is 10.00. The van der Waals surface area contributed by atoms with Gasteiger partial charge in [-0.25, -0.2) is 4.18 Å². The van der Waals surface area contributed by atoms with E-state index in [9.17, 15) is 48.4 Å². The van der Waals surface area contributed by atoms with Gasteiger partial charge >= 0.3 is 10.4 Å². The molecular formula is C28H48O11S. The van der Waals surface area contributed by atoms with Crippen LogP contribution in [0.2, 0.25) is 0 Å². The van der Waals surface area contributed by atoms with E-state index in [0.717, 1.165) is 0 Å². The van der Waals surface area contributed by atoms with Gasteiger partial charge in [0.05, 0.1) is 18.3 Å². The summed E-state index contributed by atoms with van der Waals surface area (Å²) in [7, 11) is -5.00. The van der Waals surface area contributed by atoms with Crippen molar-refractivity contribution in [2.75, 3.05) is 0 Å². The Hall–Kier alpha value is -0.700. The second kappa shape index (κ2) is 10.5. The predicted molar refractivity (Wildman–Crippen MR) is 143 cm³/mol. The van der Waals surface area contributed by atoms with Gasteiger partial charge in [-0.05, 0) is 66.6 Å². The summed E-state index contributed by atoms with van der Waals surface area (Å²) < 4.78 is 37.0. The van der Waals surface area contributed by atoms with Gasteiger partial charge in [0.1, 0.15) is 29.7 Å². The molecule has 0 aromatic heterocycles. The van der Waals surface area contributed by atoms with Crippen LogP contribution in [-0.2, 0) is 19.4 Å². The minimum atomic E-state index is -5.00. The normalized spacial score (nSPS) is 48.6. The van der Waals surface area contributed by atoms with Gasteiger partial charge in [-0.15, -0.1) is 0 Å². The molecule has 12 heteroatoms. The minimum Gasteiger partial charge on any atom is -0.390 e. The van der Waals surface area contributed by atoms with Gasteiger partial charge < -0.3 is 30.6 Å². The van der Waals surface area contributed by atoms with E-state index in [1.165, 1.54) is 0 Å². The highest BCUT2D eigenvalue weighted by atomic mass is 32.3. The van der Waals surface area contributed by atoms with Crippen LogP contribution in [0.25, 0.3) is 0 Å². The van der Waals surface area contributed by atoms with Crippen molar-refractivity contribution in [2.24, 2.45) is 52.3 Å². The number of aliphatic hydroxyl groups excluding tert-OH is 5. The summed E-state index contributed by atoms with van der Waals surface area (Å²) in [5, 5.41) is 66.7. The summed E-state index contributed by atoms with van der Waals surface area (Å²) in [6.45, 7) is 11.3. The van der Waals surface area contributed by atoms with Crippen LogP contribution in [0.5, 0.6) is 0 Å². The fourth-order valence-electron chi connectivity index (χ4n) is 9.50. The topological polar surface area (TPSA) is 202 Å². The van der Waals surface area contributed by atoms with Crippen molar-refractivity contribution in [3.8, 4) is 0 Å². The molecule has 0 saturated heterocycles. The first-order valence-corrected chi connectivity index (χ1v) is 15.9. The van der Waals surface area contributed by atoms with Crippen molar-refractivity contribution in [3.63, 3.8) is 0 Å². The smallest absolute Gasteiger partial charge is 0.390 e. The van der Waals surface area contributed by atoms with Crippen LogP contribution in [-0.4, -0.2) is 91.6 Å². The van der Waals surface area contributed by atoms with Crippen molar-refractivity contribution in [2.45, 2.75) is 116 Å². The summed E-state index contributed by atoms with van der Waals surface area (Å²) in [5.74, 6) is -2.00. The van der Waals surface area contributed by atoms with Crippen molar-refractivity contribution >= 4 is 16.2 Å². The van der Waals surface area contributed by atoms with Crippen molar-refractivity contribution < 1.29 is 52.6 Å². The molecule has 0 aliphatic heterocycles. The number of carbonyl (C=O) groups excluding carboxylic acids is 1. The molecule has 40 heavy (non-hydrogen) atoms. The fraction of sp³-hybridized carbons (Fsp3) is 0.964. The molecular weight excluding hydrogens is 544 g/mol. The first kappa shape index (κ1) is 32.2. The van der Waals surface area contributed by atoms with Gasteiger partial charge in [0, 0.05) is 17.8 Å². The van der Waals surface area contributed by atoms with Crippen molar-refractivity contribution in [1.29, 1.82) is 0 Å². The summed E-state index contributed by atoms with van der Waals surface area (Å²) in [6.07, 6.45) is -8.01. The average Bonchev–Trinajstić information content (AvgIpc) is 3.13. The van der Waals surface area contributed by atoms with Gasteiger partial charge in [0.25, 0.3) is 0 Å². The number of rotatable bonds is 7. The number of Topliss-reactive ketones (excluding diaryl/α,β-unsaturated/α-hetero) is 1. The number of aliphatic hydroxyl groups is 6. The third-order valence-electron chi connectivity index (χ3n) is 12.1. The lowest BCUT2D eigenvalue weighted by molar-refractivity contribution is -0.317. The van der Waals surface area contributed by atoms with E-state index in [2.05, 4.69) is 0 Å². The zero-order valence-electron chi connectivity index (χ0n) is 24.2. The van der Waals surface area contributed by atoms with Crippen LogP contribution in [0, 0.1) is 52.3 Å². The predicted octanol–water partition coefficient (Wildman–Crippen LogP) is 0.690. The van der Waals surface area contributed by atoms with Gasteiger partial charge in [-0.1, -0.05) is 41.5 Å². The maximum atomic E-state index is 13.7. The number of hydrogen-bond donors (Lipinski definition) is 7. The average molecular weight is 593 g/mol. The molecule has 0 bridgehead atoms. The van der Waals surface area contributed by atoms with Gasteiger partial charge in [-0.3, -0.25) is 9.35 Å². The zero-order valence-corrected chi connectivity index (χ0v) is 25.0. The Labute approximate surface area is 236 Å². The van der Waals surface area contributed by atoms with E-state index >= 15 is 0 Å². The largest absolute Gasteiger partial charge is 0.397 e. The Morgan fingerprint density at radius 2 is 1.62 bits per heavy atom. The molecule has 0 spiro atoms. The second-order valence-electron chi connectivity index (χ2n) is 14.2. The van der Waals surface area contributed by atoms with Crippen LogP contribution >= 0.6 is 0 Å². The summed E-state index contributed by atoms with van der Waals surface area (Å²) >= 11 is 0. The lowest BCUT2D eigenvalue weighted by Gasteiger charge is -2.66. The molecule has 4 fully saturated rings. The summed E-state index contributed by atoms with van der Waals surface area (Å²) in [6, 6.07) is 0. The molecule has 0 aromatic carbocycles. The highest BCUT2D eigenvalue weighted by Crippen LogP contribution is 2.68. The van der Waals surface area contributed by atoms with Crippen molar-refractivity contribution in [3.05, 3.63) is 0 Å². The second-order valence-corrected chi connectivity index (χ2v) is 15.3. The van der Waals surface area contributed by atoms with Crippen LogP contribution in [0.15, 0.2) is 0 Å².